The number of fused-ring (bicyclic) bond motifs is 1. The van der Waals surface area contributed by atoms with Crippen molar-refractivity contribution in [3.63, 3.8) is 0 Å². The van der Waals surface area contributed by atoms with Gasteiger partial charge in [-0.3, -0.25) is 9.59 Å². The molecular weight excluding hydrogens is 234 g/mol. The number of aromatic nitrogens is 1. The van der Waals surface area contributed by atoms with E-state index in [2.05, 4.69) is 0 Å². The maximum atomic E-state index is 11.8. The Bertz CT molecular complexity index is 544. The van der Waals surface area contributed by atoms with E-state index in [-0.39, 0.29) is 17.5 Å². The molecule has 5 heteroatoms. The Labute approximate surface area is 105 Å². The van der Waals surface area contributed by atoms with Crippen LogP contribution in [0, 0.1) is 5.41 Å². The summed E-state index contributed by atoms with van der Waals surface area (Å²) in [6.07, 6.45) is 0.581. The molecule has 1 heterocycles. The summed E-state index contributed by atoms with van der Waals surface area (Å²) in [7, 11) is 0. The number of carbonyl (C=O) groups is 1. The van der Waals surface area contributed by atoms with Gasteiger partial charge in [0, 0.05) is 17.3 Å². The monoisotopic (exact) mass is 251 g/mol. The van der Waals surface area contributed by atoms with E-state index in [0.717, 1.165) is 0 Å². The number of carboxylic acid groups (broad SMARTS) is 1. The Morgan fingerprint density at radius 2 is 2.17 bits per heavy atom. The smallest absolute Gasteiger partial charge is 0.323 e. The van der Waals surface area contributed by atoms with E-state index in [1.54, 1.807) is 6.07 Å². The minimum atomic E-state index is -1.05. The van der Waals surface area contributed by atoms with Gasteiger partial charge in [0.25, 0.3) is 5.56 Å². The molecule has 5 nitrogen and oxygen atoms in total. The van der Waals surface area contributed by atoms with Gasteiger partial charge in [0.15, 0.2) is 0 Å². The highest BCUT2D eigenvalue weighted by atomic mass is 16.4. The quantitative estimate of drug-likeness (QED) is 0.819. The van der Waals surface area contributed by atoms with Crippen LogP contribution in [0.25, 0.3) is 0 Å². The van der Waals surface area contributed by atoms with Crippen LogP contribution in [0.3, 0.4) is 0 Å². The molecule has 0 bridgehead atoms. The second kappa shape index (κ2) is 4.24. The van der Waals surface area contributed by atoms with Gasteiger partial charge in [-0.15, -0.1) is 0 Å². The number of hydrogen-bond acceptors (Lipinski definition) is 3. The Hall–Kier alpha value is -1.62. The van der Waals surface area contributed by atoms with Crippen LogP contribution in [-0.4, -0.2) is 20.7 Å². The van der Waals surface area contributed by atoms with Gasteiger partial charge in [-0.1, -0.05) is 13.8 Å². The Kier molecular flexibility index (Phi) is 3.02. The summed E-state index contributed by atoms with van der Waals surface area (Å²) in [5.41, 5.74) is 0.852. The van der Waals surface area contributed by atoms with Gasteiger partial charge in [0.05, 0.1) is 6.10 Å². The second-order valence-corrected chi connectivity index (χ2v) is 5.61. The van der Waals surface area contributed by atoms with Crippen molar-refractivity contribution in [1.82, 2.24) is 4.57 Å². The average Bonchev–Trinajstić information content (AvgIpc) is 2.20. The molecule has 0 spiro atoms. The normalized spacial score (nSPS) is 21.4. The Balaban J connectivity index is 2.58. The van der Waals surface area contributed by atoms with Crippen molar-refractivity contribution >= 4 is 5.97 Å². The predicted molar refractivity (Wildman–Crippen MR) is 65.4 cm³/mol. The minimum Gasteiger partial charge on any atom is -0.480 e. The molecule has 18 heavy (non-hydrogen) atoms. The van der Waals surface area contributed by atoms with Crippen molar-refractivity contribution in [3.8, 4) is 0 Å². The van der Waals surface area contributed by atoms with E-state index >= 15 is 0 Å². The highest BCUT2D eigenvalue weighted by molar-refractivity contribution is 5.66. The number of aliphatic hydroxyl groups excluding tert-OH is 1. The van der Waals surface area contributed by atoms with E-state index < -0.39 is 12.1 Å². The molecule has 0 aromatic carbocycles. The molecule has 1 aliphatic rings. The van der Waals surface area contributed by atoms with Crippen LogP contribution >= 0.6 is 0 Å². The van der Waals surface area contributed by atoms with Crippen LogP contribution < -0.4 is 5.56 Å². The molecule has 0 saturated carbocycles. The maximum absolute atomic E-state index is 11.8. The van der Waals surface area contributed by atoms with E-state index in [1.165, 1.54) is 10.6 Å². The van der Waals surface area contributed by atoms with Gasteiger partial charge in [0.2, 0.25) is 0 Å². The van der Waals surface area contributed by atoms with E-state index in [0.29, 0.717) is 24.1 Å². The largest absolute Gasteiger partial charge is 0.480 e. The molecular formula is C13H17NO4. The van der Waals surface area contributed by atoms with Crippen molar-refractivity contribution in [3.05, 3.63) is 33.7 Å². The van der Waals surface area contributed by atoms with Crippen LogP contribution in [0.5, 0.6) is 0 Å². The zero-order valence-electron chi connectivity index (χ0n) is 10.5. The molecule has 0 radical (unpaired) electrons. The summed E-state index contributed by atoms with van der Waals surface area (Å²) in [5.74, 6) is -1.05. The molecule has 0 fully saturated rings. The first-order valence-electron chi connectivity index (χ1n) is 5.93. The maximum Gasteiger partial charge on any atom is 0.323 e. The molecule has 0 saturated heterocycles. The first-order valence-corrected chi connectivity index (χ1v) is 5.93. The molecule has 98 valence electrons. The molecule has 2 N–H and O–H groups in total. The van der Waals surface area contributed by atoms with Crippen molar-refractivity contribution in [2.45, 2.75) is 39.3 Å². The van der Waals surface area contributed by atoms with Gasteiger partial charge in [0.1, 0.15) is 6.54 Å². The van der Waals surface area contributed by atoms with Gasteiger partial charge >= 0.3 is 5.97 Å². The lowest BCUT2D eigenvalue weighted by Crippen LogP contribution is -2.35. The number of aliphatic carboxylic acids is 1. The van der Waals surface area contributed by atoms with Crippen molar-refractivity contribution < 1.29 is 15.0 Å². The molecule has 1 aromatic rings. The molecule has 1 atom stereocenters. The third kappa shape index (κ3) is 2.31. The van der Waals surface area contributed by atoms with Crippen LogP contribution in [0.2, 0.25) is 0 Å². The third-order valence-corrected chi connectivity index (χ3v) is 3.37. The fourth-order valence-corrected chi connectivity index (χ4v) is 2.60. The first kappa shape index (κ1) is 12.8. The average molecular weight is 251 g/mol. The number of pyridine rings is 1. The predicted octanol–water partition coefficient (Wildman–Crippen LogP) is 0.939. The van der Waals surface area contributed by atoms with Crippen molar-refractivity contribution in [2.24, 2.45) is 5.41 Å². The van der Waals surface area contributed by atoms with Gasteiger partial charge in [-0.2, -0.15) is 0 Å². The number of nitrogens with zero attached hydrogens (tertiary/aromatic N) is 1. The standard InChI is InChI=1S/C13H17NO4/c1-13(2)5-9-8(10(15)6-13)3-4-11(16)14(9)7-12(17)18/h3-4,10,15H,5-7H2,1-2H3,(H,17,18)/t10-/m0/s1. The topological polar surface area (TPSA) is 79.5 Å². The molecule has 0 amide bonds. The minimum absolute atomic E-state index is 0.138. The molecule has 2 rings (SSSR count). The first-order chi connectivity index (χ1) is 8.30. The van der Waals surface area contributed by atoms with Gasteiger partial charge < -0.3 is 14.8 Å². The highest BCUT2D eigenvalue weighted by Gasteiger charge is 2.33. The number of aliphatic hydroxyl groups is 1. The van der Waals surface area contributed by atoms with Crippen molar-refractivity contribution in [1.29, 1.82) is 0 Å². The Morgan fingerprint density at radius 1 is 1.50 bits per heavy atom. The summed E-state index contributed by atoms with van der Waals surface area (Å²) in [6.45, 7) is 3.65. The van der Waals surface area contributed by atoms with Crippen LogP contribution in [0.15, 0.2) is 16.9 Å². The highest BCUT2D eigenvalue weighted by Crippen LogP contribution is 2.39. The lowest BCUT2D eigenvalue weighted by Gasteiger charge is -2.35. The van der Waals surface area contributed by atoms with E-state index in [1.807, 2.05) is 13.8 Å². The lowest BCUT2D eigenvalue weighted by molar-refractivity contribution is -0.137. The molecule has 1 aromatic heterocycles. The van der Waals surface area contributed by atoms with Crippen molar-refractivity contribution in [2.75, 3.05) is 0 Å². The van der Waals surface area contributed by atoms with Crippen LogP contribution in [-0.2, 0) is 17.8 Å². The molecule has 1 aliphatic carbocycles. The Morgan fingerprint density at radius 3 is 2.78 bits per heavy atom. The zero-order valence-corrected chi connectivity index (χ0v) is 10.5. The lowest BCUT2D eigenvalue weighted by atomic mass is 9.75. The summed E-state index contributed by atoms with van der Waals surface area (Å²) >= 11 is 0. The van der Waals surface area contributed by atoms with E-state index in [4.69, 9.17) is 5.11 Å². The van der Waals surface area contributed by atoms with E-state index in [9.17, 15) is 14.7 Å². The SMILES string of the molecule is CC1(C)Cc2c(ccc(=O)n2CC(=O)O)[C@@H](O)C1. The number of hydrogen-bond donors (Lipinski definition) is 2. The molecule has 0 unspecified atom stereocenters. The fourth-order valence-electron chi connectivity index (χ4n) is 2.60. The van der Waals surface area contributed by atoms with Crippen LogP contribution in [0.1, 0.15) is 37.6 Å². The second-order valence-electron chi connectivity index (χ2n) is 5.61. The molecule has 0 aliphatic heterocycles. The summed E-state index contributed by atoms with van der Waals surface area (Å²) in [4.78, 5) is 22.6. The fraction of sp³-hybridized carbons (Fsp3) is 0.538. The summed E-state index contributed by atoms with van der Waals surface area (Å²) in [5, 5.41) is 19.0. The van der Waals surface area contributed by atoms with Crippen LogP contribution in [0.4, 0.5) is 0 Å². The number of carboxylic acids is 1. The third-order valence-electron chi connectivity index (χ3n) is 3.37. The van der Waals surface area contributed by atoms with Gasteiger partial charge in [-0.05, 0) is 24.3 Å². The van der Waals surface area contributed by atoms with Gasteiger partial charge in [-0.25, -0.2) is 0 Å². The summed E-state index contributed by atoms with van der Waals surface area (Å²) in [6, 6.07) is 2.93. The number of rotatable bonds is 2. The zero-order chi connectivity index (χ0) is 13.5. The summed E-state index contributed by atoms with van der Waals surface area (Å²) < 4.78 is 1.25.